The van der Waals surface area contributed by atoms with E-state index in [1.54, 1.807) is 17.9 Å². The molecule has 1 N–H and O–H groups in total. The van der Waals surface area contributed by atoms with Crippen molar-refractivity contribution in [1.82, 2.24) is 4.90 Å². The molecule has 1 amide bonds. The zero-order valence-electron chi connectivity index (χ0n) is 10.2. The van der Waals surface area contributed by atoms with Crippen molar-refractivity contribution in [2.75, 3.05) is 13.1 Å². The molecule has 5 heteroatoms. The van der Waals surface area contributed by atoms with Crippen LogP contribution < -0.4 is 0 Å². The lowest BCUT2D eigenvalue weighted by molar-refractivity contribution is 0.0752. The summed E-state index contributed by atoms with van der Waals surface area (Å²) in [4.78, 5) is 13.9. The first-order chi connectivity index (χ1) is 8.61. The summed E-state index contributed by atoms with van der Waals surface area (Å²) in [6.07, 6.45) is 1.13. The summed E-state index contributed by atoms with van der Waals surface area (Å²) >= 11 is 0. The minimum atomic E-state index is -0.404. The lowest BCUT2D eigenvalue weighted by Crippen LogP contribution is -2.39. The summed E-state index contributed by atoms with van der Waals surface area (Å²) in [6.45, 7) is 2.81. The minimum absolute atomic E-state index is 0.163. The molecule has 4 nitrogen and oxygen atoms in total. The van der Waals surface area contributed by atoms with Crippen molar-refractivity contribution in [3.63, 3.8) is 0 Å². The molecule has 1 saturated heterocycles. The van der Waals surface area contributed by atoms with Crippen LogP contribution in [0.2, 0.25) is 0 Å². The third kappa shape index (κ3) is 2.50. The molecule has 0 saturated carbocycles. The van der Waals surface area contributed by atoms with Gasteiger partial charge in [0.25, 0.3) is 5.91 Å². The zero-order valence-corrected chi connectivity index (χ0v) is 10.2. The van der Waals surface area contributed by atoms with Crippen LogP contribution >= 0.6 is 0 Å². The lowest BCUT2D eigenvalue weighted by atomic mass is 10.0. The summed E-state index contributed by atoms with van der Waals surface area (Å²) in [7, 11) is 0. The van der Waals surface area contributed by atoms with Crippen LogP contribution in [-0.2, 0) is 0 Å². The van der Waals surface area contributed by atoms with E-state index in [1.165, 1.54) is 12.1 Å². The Morgan fingerprint density at radius 2 is 2.06 bits per heavy atom. The Hall–Kier alpha value is -1.91. The van der Waals surface area contributed by atoms with Crippen molar-refractivity contribution < 1.29 is 14.4 Å². The van der Waals surface area contributed by atoms with Crippen molar-refractivity contribution in [3.05, 3.63) is 35.1 Å². The van der Waals surface area contributed by atoms with Crippen molar-refractivity contribution in [2.45, 2.75) is 19.8 Å². The van der Waals surface area contributed by atoms with Gasteiger partial charge in [0.2, 0.25) is 0 Å². The summed E-state index contributed by atoms with van der Waals surface area (Å²) in [5.74, 6) is -0.567. The molecule has 0 aliphatic carbocycles. The number of carbonyl (C=O) groups is 1. The highest BCUT2D eigenvalue weighted by molar-refractivity contribution is 5.97. The molecule has 18 heavy (non-hydrogen) atoms. The minimum Gasteiger partial charge on any atom is -0.411 e. The van der Waals surface area contributed by atoms with Crippen LogP contribution in [0.15, 0.2) is 23.4 Å². The Morgan fingerprint density at radius 3 is 2.67 bits per heavy atom. The third-order valence-electron chi connectivity index (χ3n) is 3.20. The van der Waals surface area contributed by atoms with Crippen molar-refractivity contribution in [3.8, 4) is 0 Å². The van der Waals surface area contributed by atoms with Crippen LogP contribution in [0.1, 0.15) is 28.8 Å². The number of benzene rings is 1. The summed E-state index contributed by atoms with van der Waals surface area (Å²) in [6, 6.07) is 4.22. The molecule has 0 atom stereocenters. The number of aryl methyl sites for hydroxylation is 1. The SMILES string of the molecule is Cc1ccc(F)cc1C(=O)N1CCC(=NO)CC1. The van der Waals surface area contributed by atoms with Crippen LogP contribution in [-0.4, -0.2) is 34.8 Å². The maximum atomic E-state index is 13.2. The van der Waals surface area contributed by atoms with Crippen molar-refractivity contribution in [2.24, 2.45) is 5.16 Å². The topological polar surface area (TPSA) is 52.9 Å². The van der Waals surface area contributed by atoms with E-state index < -0.39 is 5.82 Å². The second-order valence-electron chi connectivity index (χ2n) is 4.42. The monoisotopic (exact) mass is 250 g/mol. The van der Waals surface area contributed by atoms with Gasteiger partial charge in [-0.05, 0) is 24.6 Å². The number of amides is 1. The van der Waals surface area contributed by atoms with Crippen LogP contribution in [0.4, 0.5) is 4.39 Å². The number of piperidine rings is 1. The van der Waals surface area contributed by atoms with Gasteiger partial charge in [-0.2, -0.15) is 0 Å². The Kier molecular flexibility index (Phi) is 3.60. The summed E-state index contributed by atoms with van der Waals surface area (Å²) in [5.41, 5.74) is 1.87. The van der Waals surface area contributed by atoms with Gasteiger partial charge >= 0.3 is 0 Å². The van der Waals surface area contributed by atoms with E-state index in [4.69, 9.17) is 5.21 Å². The number of hydrogen-bond donors (Lipinski definition) is 1. The van der Waals surface area contributed by atoms with Gasteiger partial charge in [-0.15, -0.1) is 0 Å². The maximum absolute atomic E-state index is 13.2. The van der Waals surface area contributed by atoms with Gasteiger partial charge in [-0.3, -0.25) is 4.79 Å². The summed E-state index contributed by atoms with van der Waals surface area (Å²) in [5, 5.41) is 11.8. The number of rotatable bonds is 1. The van der Waals surface area contributed by atoms with E-state index in [9.17, 15) is 9.18 Å². The van der Waals surface area contributed by atoms with E-state index in [0.29, 0.717) is 37.2 Å². The highest BCUT2D eigenvalue weighted by atomic mass is 19.1. The molecule has 1 aromatic carbocycles. The number of nitrogens with zero attached hydrogens (tertiary/aromatic N) is 2. The fourth-order valence-electron chi connectivity index (χ4n) is 2.06. The standard InChI is InChI=1S/C13H15FN2O2/c1-9-2-3-10(14)8-12(9)13(17)16-6-4-11(15-18)5-7-16/h2-3,8,18H,4-7H2,1H3. The normalized spacial score (nSPS) is 15.7. The average molecular weight is 250 g/mol. The van der Waals surface area contributed by atoms with E-state index in [2.05, 4.69) is 5.16 Å². The molecular weight excluding hydrogens is 235 g/mol. The number of likely N-dealkylation sites (tertiary alicyclic amines) is 1. The van der Waals surface area contributed by atoms with Gasteiger partial charge in [-0.1, -0.05) is 11.2 Å². The van der Waals surface area contributed by atoms with E-state index in [-0.39, 0.29) is 5.91 Å². The van der Waals surface area contributed by atoms with E-state index in [0.717, 1.165) is 5.56 Å². The van der Waals surface area contributed by atoms with Crippen LogP contribution in [0.3, 0.4) is 0 Å². The fraction of sp³-hybridized carbons (Fsp3) is 0.385. The Labute approximate surface area is 105 Å². The average Bonchev–Trinajstić information content (AvgIpc) is 2.41. The van der Waals surface area contributed by atoms with Crippen LogP contribution in [0, 0.1) is 12.7 Å². The number of hydrogen-bond acceptors (Lipinski definition) is 3. The van der Waals surface area contributed by atoms with Crippen LogP contribution in [0.5, 0.6) is 0 Å². The van der Waals surface area contributed by atoms with Gasteiger partial charge in [0, 0.05) is 31.5 Å². The number of halogens is 1. The molecule has 0 unspecified atom stereocenters. The Morgan fingerprint density at radius 1 is 1.39 bits per heavy atom. The first-order valence-corrected chi connectivity index (χ1v) is 5.87. The quantitative estimate of drug-likeness (QED) is 0.613. The number of oxime groups is 1. The highest BCUT2D eigenvalue weighted by Gasteiger charge is 2.22. The predicted molar refractivity (Wildman–Crippen MR) is 65.5 cm³/mol. The number of carbonyl (C=O) groups excluding carboxylic acids is 1. The smallest absolute Gasteiger partial charge is 0.254 e. The molecule has 0 spiro atoms. The fourth-order valence-corrected chi connectivity index (χ4v) is 2.06. The molecule has 2 rings (SSSR count). The molecule has 1 aliphatic rings. The first-order valence-electron chi connectivity index (χ1n) is 5.87. The van der Waals surface area contributed by atoms with Crippen molar-refractivity contribution >= 4 is 11.6 Å². The molecule has 1 aliphatic heterocycles. The summed E-state index contributed by atoms with van der Waals surface area (Å²) < 4.78 is 13.2. The molecule has 0 aromatic heterocycles. The highest BCUT2D eigenvalue weighted by Crippen LogP contribution is 2.16. The third-order valence-corrected chi connectivity index (χ3v) is 3.20. The van der Waals surface area contributed by atoms with Crippen LogP contribution in [0.25, 0.3) is 0 Å². The molecule has 1 aromatic rings. The predicted octanol–water partition coefficient (Wildman–Crippen LogP) is 2.20. The second-order valence-corrected chi connectivity index (χ2v) is 4.42. The van der Waals surface area contributed by atoms with Gasteiger partial charge in [0.05, 0.1) is 5.71 Å². The van der Waals surface area contributed by atoms with Gasteiger partial charge in [-0.25, -0.2) is 4.39 Å². The molecular formula is C13H15FN2O2. The molecule has 0 bridgehead atoms. The molecule has 1 fully saturated rings. The molecule has 96 valence electrons. The molecule has 0 radical (unpaired) electrons. The van der Waals surface area contributed by atoms with Gasteiger partial charge < -0.3 is 10.1 Å². The maximum Gasteiger partial charge on any atom is 0.254 e. The Bertz CT molecular complexity index is 490. The second kappa shape index (κ2) is 5.16. The van der Waals surface area contributed by atoms with E-state index in [1.807, 2.05) is 0 Å². The molecule has 1 heterocycles. The first kappa shape index (κ1) is 12.5. The Balaban J connectivity index is 2.15. The lowest BCUT2D eigenvalue weighted by Gasteiger charge is -2.27. The van der Waals surface area contributed by atoms with Gasteiger partial charge in [0.15, 0.2) is 0 Å². The van der Waals surface area contributed by atoms with Gasteiger partial charge in [0.1, 0.15) is 5.82 Å². The van der Waals surface area contributed by atoms with E-state index >= 15 is 0 Å². The van der Waals surface area contributed by atoms with Crippen molar-refractivity contribution in [1.29, 1.82) is 0 Å². The zero-order chi connectivity index (χ0) is 13.1. The largest absolute Gasteiger partial charge is 0.411 e.